The zero-order chi connectivity index (χ0) is 17.6. The molecule has 0 bridgehead atoms. The molecule has 6 nitrogen and oxygen atoms in total. The van der Waals surface area contributed by atoms with Gasteiger partial charge in [0, 0.05) is 31.7 Å². The van der Waals surface area contributed by atoms with Crippen LogP contribution < -0.4 is 5.32 Å². The molecule has 1 aliphatic heterocycles. The first kappa shape index (κ1) is 16.8. The molecule has 1 fully saturated rings. The molecule has 1 aromatic heterocycles. The molecule has 1 saturated heterocycles. The number of nitrogens with zero attached hydrogens (tertiary/aromatic N) is 3. The second-order valence-electron chi connectivity index (χ2n) is 6.38. The van der Waals surface area contributed by atoms with E-state index in [2.05, 4.69) is 44.6 Å². The lowest BCUT2D eigenvalue weighted by atomic mass is 10.2. The molecule has 0 saturated carbocycles. The van der Waals surface area contributed by atoms with Gasteiger partial charge in [-0.15, -0.1) is 0 Å². The summed E-state index contributed by atoms with van der Waals surface area (Å²) < 4.78 is 11.2. The van der Waals surface area contributed by atoms with Crippen LogP contribution in [0.4, 0.5) is 5.95 Å². The van der Waals surface area contributed by atoms with E-state index in [0.717, 1.165) is 31.8 Å². The van der Waals surface area contributed by atoms with E-state index in [9.17, 15) is 0 Å². The summed E-state index contributed by atoms with van der Waals surface area (Å²) in [5.41, 5.74) is 2.24. The van der Waals surface area contributed by atoms with Crippen LogP contribution >= 0.6 is 0 Å². The van der Waals surface area contributed by atoms with Crippen LogP contribution in [0.1, 0.15) is 5.56 Å². The number of hydrogen-bond acceptors (Lipinski definition) is 6. The summed E-state index contributed by atoms with van der Waals surface area (Å²) in [5.74, 6) is 1.01. The summed E-state index contributed by atoms with van der Waals surface area (Å²) in [4.78, 5) is 6.81. The number of nitrogens with one attached hydrogen (secondary N) is 1. The molecule has 4 rings (SSSR count). The third-order valence-electron chi connectivity index (χ3n) is 4.41. The van der Waals surface area contributed by atoms with Crippen LogP contribution in [0.2, 0.25) is 0 Å². The van der Waals surface area contributed by atoms with Crippen LogP contribution in [0, 0.1) is 0 Å². The normalized spacial score (nSPS) is 17.9. The highest BCUT2D eigenvalue weighted by Crippen LogP contribution is 2.18. The monoisotopic (exact) mass is 350 g/mol. The van der Waals surface area contributed by atoms with Crippen LogP contribution in [-0.4, -0.2) is 47.4 Å². The Kier molecular flexibility index (Phi) is 5.23. The molecule has 3 aromatic rings. The maximum Gasteiger partial charge on any atom is 0.263 e. The molecule has 0 amide bonds. The number of benzene rings is 2. The molecular weight excluding hydrogens is 328 g/mol. The lowest BCUT2D eigenvalue weighted by molar-refractivity contribution is -0.0241. The molecule has 0 radical (unpaired) electrons. The predicted octanol–water partition coefficient (Wildman–Crippen LogP) is 3.05. The van der Waals surface area contributed by atoms with Crippen molar-refractivity contribution in [2.45, 2.75) is 12.6 Å². The molecule has 1 N–H and O–H groups in total. The maximum atomic E-state index is 5.87. The summed E-state index contributed by atoms with van der Waals surface area (Å²) in [7, 11) is 0. The van der Waals surface area contributed by atoms with Gasteiger partial charge in [-0.05, 0) is 22.9 Å². The molecule has 6 heteroatoms. The highest BCUT2D eigenvalue weighted by atomic mass is 16.5. The van der Waals surface area contributed by atoms with Crippen molar-refractivity contribution in [2.75, 3.05) is 31.6 Å². The van der Waals surface area contributed by atoms with E-state index < -0.39 is 0 Å². The molecule has 1 unspecified atom stereocenters. The Hall–Kier alpha value is -2.70. The topological polar surface area (TPSA) is 63.4 Å². The van der Waals surface area contributed by atoms with Crippen molar-refractivity contribution in [1.82, 2.24) is 15.0 Å². The third kappa shape index (κ3) is 4.28. The van der Waals surface area contributed by atoms with Gasteiger partial charge < -0.3 is 14.6 Å². The van der Waals surface area contributed by atoms with E-state index in [-0.39, 0.29) is 6.10 Å². The Bertz CT molecular complexity index is 807. The second kappa shape index (κ2) is 8.12. The van der Waals surface area contributed by atoms with Gasteiger partial charge in [-0.2, -0.15) is 4.98 Å². The molecule has 1 aliphatic rings. The predicted molar refractivity (Wildman–Crippen MR) is 99.7 cm³/mol. The average molecular weight is 350 g/mol. The number of hydrogen-bond donors (Lipinski definition) is 1. The summed E-state index contributed by atoms with van der Waals surface area (Å²) in [6.45, 7) is 4.16. The molecule has 2 aromatic carbocycles. The summed E-state index contributed by atoms with van der Waals surface area (Å²) in [6, 6.07) is 20.3. The van der Waals surface area contributed by atoms with E-state index in [1.165, 1.54) is 5.56 Å². The number of aromatic nitrogens is 2. The van der Waals surface area contributed by atoms with Gasteiger partial charge in [-0.25, -0.2) is 0 Å². The SMILES string of the molecule is c1ccc(CN2CCOC(CNc3noc(-c4ccccc4)n3)C2)cc1. The summed E-state index contributed by atoms with van der Waals surface area (Å²) >= 11 is 0. The highest BCUT2D eigenvalue weighted by Gasteiger charge is 2.21. The Morgan fingerprint density at radius 2 is 1.81 bits per heavy atom. The zero-order valence-corrected chi connectivity index (χ0v) is 14.5. The van der Waals surface area contributed by atoms with Gasteiger partial charge in [-0.3, -0.25) is 4.90 Å². The first-order chi connectivity index (χ1) is 12.9. The first-order valence-electron chi connectivity index (χ1n) is 8.88. The highest BCUT2D eigenvalue weighted by molar-refractivity contribution is 5.53. The van der Waals surface area contributed by atoms with E-state index >= 15 is 0 Å². The summed E-state index contributed by atoms with van der Waals surface area (Å²) in [6.07, 6.45) is 0.103. The van der Waals surface area contributed by atoms with Gasteiger partial charge in [0.2, 0.25) is 0 Å². The molecular formula is C20H22N4O2. The maximum absolute atomic E-state index is 5.87. The Labute approximate surface area is 152 Å². The fourth-order valence-corrected chi connectivity index (χ4v) is 3.09. The van der Waals surface area contributed by atoms with Crippen molar-refractivity contribution in [3.8, 4) is 11.5 Å². The van der Waals surface area contributed by atoms with Gasteiger partial charge in [0.25, 0.3) is 11.8 Å². The minimum atomic E-state index is 0.103. The van der Waals surface area contributed by atoms with Gasteiger partial charge in [0.15, 0.2) is 0 Å². The van der Waals surface area contributed by atoms with Crippen molar-refractivity contribution in [3.05, 3.63) is 66.2 Å². The molecule has 2 heterocycles. The fourth-order valence-electron chi connectivity index (χ4n) is 3.09. The van der Waals surface area contributed by atoms with Gasteiger partial charge in [-0.1, -0.05) is 48.5 Å². The molecule has 134 valence electrons. The molecule has 0 aliphatic carbocycles. The number of rotatable bonds is 6. The van der Waals surface area contributed by atoms with Gasteiger partial charge in [0.05, 0.1) is 12.7 Å². The van der Waals surface area contributed by atoms with Crippen molar-refractivity contribution in [1.29, 1.82) is 0 Å². The van der Waals surface area contributed by atoms with Crippen molar-refractivity contribution in [3.63, 3.8) is 0 Å². The van der Waals surface area contributed by atoms with Gasteiger partial charge in [0.1, 0.15) is 0 Å². The number of ether oxygens (including phenoxy) is 1. The van der Waals surface area contributed by atoms with Crippen LogP contribution in [0.3, 0.4) is 0 Å². The second-order valence-corrected chi connectivity index (χ2v) is 6.38. The summed E-state index contributed by atoms with van der Waals surface area (Å²) in [5, 5.41) is 7.22. The average Bonchev–Trinajstić information content (AvgIpc) is 3.17. The fraction of sp³-hybridized carbons (Fsp3) is 0.300. The van der Waals surface area contributed by atoms with Crippen molar-refractivity contribution < 1.29 is 9.26 Å². The molecule has 26 heavy (non-hydrogen) atoms. The molecule has 1 atom stereocenters. The van der Waals surface area contributed by atoms with Crippen LogP contribution in [0.5, 0.6) is 0 Å². The van der Waals surface area contributed by atoms with Gasteiger partial charge >= 0.3 is 0 Å². The van der Waals surface area contributed by atoms with E-state index in [0.29, 0.717) is 18.4 Å². The largest absolute Gasteiger partial charge is 0.374 e. The van der Waals surface area contributed by atoms with Crippen LogP contribution in [-0.2, 0) is 11.3 Å². The Morgan fingerprint density at radius 3 is 2.62 bits per heavy atom. The van der Waals surface area contributed by atoms with E-state index in [1.807, 2.05) is 36.4 Å². The minimum Gasteiger partial charge on any atom is -0.374 e. The minimum absolute atomic E-state index is 0.103. The molecule has 0 spiro atoms. The lowest BCUT2D eigenvalue weighted by Crippen LogP contribution is -2.44. The zero-order valence-electron chi connectivity index (χ0n) is 14.5. The Balaban J connectivity index is 1.30. The van der Waals surface area contributed by atoms with E-state index in [1.54, 1.807) is 0 Å². The number of anilines is 1. The standard InChI is InChI=1S/C20H22N4O2/c1-3-7-16(8-4-1)14-24-11-12-25-18(15-24)13-21-20-22-19(26-23-20)17-9-5-2-6-10-17/h1-10,18H,11-15H2,(H,21,23). The van der Waals surface area contributed by atoms with Crippen LogP contribution in [0.15, 0.2) is 65.2 Å². The van der Waals surface area contributed by atoms with E-state index in [4.69, 9.17) is 9.26 Å². The third-order valence-corrected chi connectivity index (χ3v) is 4.41. The van der Waals surface area contributed by atoms with Crippen molar-refractivity contribution in [2.24, 2.45) is 0 Å². The quantitative estimate of drug-likeness (QED) is 0.737. The van der Waals surface area contributed by atoms with Crippen LogP contribution in [0.25, 0.3) is 11.5 Å². The Morgan fingerprint density at radius 1 is 1.04 bits per heavy atom. The number of morpholine rings is 1. The first-order valence-corrected chi connectivity index (χ1v) is 8.88. The smallest absolute Gasteiger partial charge is 0.263 e. The lowest BCUT2D eigenvalue weighted by Gasteiger charge is -2.32. The van der Waals surface area contributed by atoms with Crippen molar-refractivity contribution >= 4 is 5.95 Å².